The topological polar surface area (TPSA) is 64.6 Å². The molecule has 0 aromatic heterocycles. The van der Waals surface area contributed by atoms with Gasteiger partial charge in [-0.15, -0.1) is 0 Å². The summed E-state index contributed by atoms with van der Waals surface area (Å²) in [5.41, 5.74) is 3.91. The number of nitrogens with one attached hydrogen (secondary N) is 1. The van der Waals surface area contributed by atoms with Crippen LogP contribution in [0.5, 0.6) is 5.75 Å². The first-order valence-corrected chi connectivity index (χ1v) is 11.0. The Morgan fingerprint density at radius 2 is 1.81 bits per heavy atom. The third kappa shape index (κ3) is 4.44. The number of methoxy groups -OCH3 is 1. The van der Waals surface area contributed by atoms with Gasteiger partial charge in [0.25, 0.3) is 0 Å². The minimum absolute atomic E-state index is 0.144. The fraction of sp³-hybridized carbons (Fsp3) is 0.280. The lowest BCUT2D eigenvalue weighted by Crippen LogP contribution is -2.40. The molecule has 2 aliphatic rings. The maximum atomic E-state index is 13.3. The van der Waals surface area contributed by atoms with Crippen LogP contribution < -0.4 is 10.1 Å². The van der Waals surface area contributed by atoms with E-state index in [2.05, 4.69) is 27.3 Å². The third-order valence-corrected chi connectivity index (χ3v) is 6.32. The number of ketones is 1. The molecular weight excluding hydrogens is 458 g/mol. The molecule has 0 bridgehead atoms. The second kappa shape index (κ2) is 9.10. The Hall–Kier alpha value is -2.86. The molecule has 0 fully saturated rings. The highest BCUT2D eigenvalue weighted by molar-refractivity contribution is 9.10. The lowest BCUT2D eigenvalue weighted by molar-refractivity contribution is -0.141. The summed E-state index contributed by atoms with van der Waals surface area (Å²) in [6, 6.07) is 15.2. The fourth-order valence-electron chi connectivity index (χ4n) is 4.26. The third-order valence-electron chi connectivity index (χ3n) is 5.80. The van der Waals surface area contributed by atoms with Gasteiger partial charge in [0.1, 0.15) is 18.1 Å². The highest BCUT2D eigenvalue weighted by Gasteiger charge is 2.43. The molecule has 1 heterocycles. The monoisotopic (exact) mass is 481 g/mol. The molecule has 2 unspecified atom stereocenters. The summed E-state index contributed by atoms with van der Waals surface area (Å²) < 4.78 is 11.8. The molecule has 31 heavy (non-hydrogen) atoms. The molecule has 5 nitrogen and oxygen atoms in total. The van der Waals surface area contributed by atoms with Crippen molar-refractivity contribution in [2.45, 2.75) is 32.3 Å². The van der Waals surface area contributed by atoms with Gasteiger partial charge in [-0.3, -0.25) is 4.79 Å². The molecule has 160 valence electrons. The van der Waals surface area contributed by atoms with Gasteiger partial charge in [-0.25, -0.2) is 4.79 Å². The molecule has 1 aliphatic heterocycles. The highest BCUT2D eigenvalue weighted by atomic mass is 79.9. The molecule has 6 heteroatoms. The quantitative estimate of drug-likeness (QED) is 0.607. The Morgan fingerprint density at radius 1 is 1.10 bits per heavy atom. The molecule has 1 aliphatic carbocycles. The second-order valence-electron chi connectivity index (χ2n) is 7.76. The second-order valence-corrected chi connectivity index (χ2v) is 8.67. The largest absolute Gasteiger partial charge is 0.497 e. The van der Waals surface area contributed by atoms with Crippen molar-refractivity contribution in [1.29, 1.82) is 0 Å². The zero-order chi connectivity index (χ0) is 22.0. The van der Waals surface area contributed by atoms with Gasteiger partial charge in [0.15, 0.2) is 0 Å². The Bertz CT molecular complexity index is 1050. The lowest BCUT2D eigenvalue weighted by atomic mass is 9.71. The molecule has 0 spiro atoms. The number of Topliss-reactive ketones (excluding diaryl/α,β-unsaturated/α-hetero) is 1. The number of carbonyl (C=O) groups excluding carboxylic acids is 2. The number of benzene rings is 2. The average molecular weight is 482 g/mol. The molecule has 0 radical (unpaired) electrons. The van der Waals surface area contributed by atoms with Crippen LogP contribution in [0.3, 0.4) is 0 Å². The number of allylic oxidation sites excluding steroid dienone is 3. The summed E-state index contributed by atoms with van der Waals surface area (Å²) in [7, 11) is 1.61. The Labute approximate surface area is 190 Å². The van der Waals surface area contributed by atoms with Gasteiger partial charge < -0.3 is 14.8 Å². The van der Waals surface area contributed by atoms with Gasteiger partial charge in [0, 0.05) is 28.2 Å². The molecular formula is C25H24BrNO4. The number of hydrogen-bond donors (Lipinski definition) is 1. The van der Waals surface area contributed by atoms with Crippen LogP contribution in [0.1, 0.15) is 36.8 Å². The van der Waals surface area contributed by atoms with Crippen molar-refractivity contribution in [3.8, 4) is 5.75 Å². The Morgan fingerprint density at radius 3 is 2.48 bits per heavy atom. The number of esters is 1. The van der Waals surface area contributed by atoms with Crippen molar-refractivity contribution in [3.63, 3.8) is 0 Å². The summed E-state index contributed by atoms with van der Waals surface area (Å²) in [6.07, 6.45) is 3.27. The van der Waals surface area contributed by atoms with Crippen LogP contribution in [0.2, 0.25) is 0 Å². The first kappa shape index (κ1) is 21.4. The number of fused-ring (bicyclic) bond motifs is 1. The minimum Gasteiger partial charge on any atom is -0.497 e. The van der Waals surface area contributed by atoms with E-state index in [1.165, 1.54) is 0 Å². The Kier molecular flexibility index (Phi) is 6.28. The molecule has 2 aromatic rings. The van der Waals surface area contributed by atoms with E-state index in [0.717, 1.165) is 39.2 Å². The zero-order valence-electron chi connectivity index (χ0n) is 17.5. The van der Waals surface area contributed by atoms with Crippen LogP contribution in [0.4, 0.5) is 0 Å². The number of ether oxygens (including phenoxy) is 2. The summed E-state index contributed by atoms with van der Waals surface area (Å²) in [5.74, 6) is -0.300. The first-order valence-electron chi connectivity index (χ1n) is 10.2. The highest BCUT2D eigenvalue weighted by Crippen LogP contribution is 2.44. The maximum Gasteiger partial charge on any atom is 0.336 e. The first-order chi connectivity index (χ1) is 15.0. The number of carbonyl (C=O) groups is 2. The molecule has 1 N–H and O–H groups in total. The fourth-order valence-corrected chi connectivity index (χ4v) is 4.53. The van der Waals surface area contributed by atoms with Crippen LogP contribution in [0, 0.1) is 5.92 Å². The summed E-state index contributed by atoms with van der Waals surface area (Å²) in [6.45, 7) is 2.01. The van der Waals surface area contributed by atoms with Gasteiger partial charge in [0.05, 0.1) is 18.6 Å². The van der Waals surface area contributed by atoms with Gasteiger partial charge in [-0.1, -0.05) is 46.3 Å². The summed E-state index contributed by atoms with van der Waals surface area (Å²) in [5, 5.41) is 3.30. The van der Waals surface area contributed by atoms with Gasteiger partial charge in [-0.05, 0) is 48.7 Å². The van der Waals surface area contributed by atoms with E-state index in [4.69, 9.17) is 9.47 Å². The van der Waals surface area contributed by atoms with Gasteiger partial charge in [-0.2, -0.15) is 0 Å². The molecule has 2 aromatic carbocycles. The van der Waals surface area contributed by atoms with E-state index >= 15 is 0 Å². The predicted molar refractivity (Wildman–Crippen MR) is 121 cm³/mol. The standard InChI is InChI=1S/C25H24BrNO4/c1-15-22(25(29)31-14-16-6-12-19(30-2)13-7-16)23(17-8-10-18(26)11-9-17)24-20(27-15)4-3-5-21(24)28/h4,6-13,23-24,27H,3,5,14H2,1-2H3. The van der Waals surface area contributed by atoms with Crippen molar-refractivity contribution < 1.29 is 19.1 Å². The minimum atomic E-state index is -0.411. The normalized spacial score (nSPS) is 20.5. The lowest BCUT2D eigenvalue weighted by Gasteiger charge is -2.38. The van der Waals surface area contributed by atoms with E-state index in [1.807, 2.05) is 55.5 Å². The van der Waals surface area contributed by atoms with Crippen molar-refractivity contribution in [1.82, 2.24) is 5.32 Å². The van der Waals surface area contributed by atoms with E-state index in [9.17, 15) is 9.59 Å². The average Bonchev–Trinajstić information content (AvgIpc) is 2.77. The van der Waals surface area contributed by atoms with Crippen molar-refractivity contribution in [2.75, 3.05) is 7.11 Å². The molecule has 2 atom stereocenters. The van der Waals surface area contributed by atoms with Gasteiger partial charge >= 0.3 is 5.97 Å². The maximum absolute atomic E-state index is 13.3. The van der Waals surface area contributed by atoms with Crippen LogP contribution in [0.25, 0.3) is 0 Å². The SMILES string of the molecule is COc1ccc(COC(=O)C2=C(C)NC3=CCCC(=O)C3C2c2ccc(Br)cc2)cc1. The molecule has 0 saturated heterocycles. The van der Waals surface area contributed by atoms with E-state index in [-0.39, 0.29) is 18.3 Å². The van der Waals surface area contributed by atoms with E-state index in [1.54, 1.807) is 7.11 Å². The summed E-state index contributed by atoms with van der Waals surface area (Å²) in [4.78, 5) is 26.2. The Balaban J connectivity index is 1.65. The molecule has 0 amide bonds. The van der Waals surface area contributed by atoms with Crippen LogP contribution in [0.15, 0.2) is 76.0 Å². The van der Waals surface area contributed by atoms with Crippen LogP contribution in [-0.2, 0) is 20.9 Å². The number of halogens is 1. The van der Waals surface area contributed by atoms with E-state index in [0.29, 0.717) is 12.0 Å². The molecule has 0 saturated carbocycles. The number of hydrogen-bond acceptors (Lipinski definition) is 5. The van der Waals surface area contributed by atoms with Crippen LogP contribution >= 0.6 is 15.9 Å². The van der Waals surface area contributed by atoms with Gasteiger partial charge in [0.2, 0.25) is 0 Å². The number of rotatable bonds is 5. The van der Waals surface area contributed by atoms with Crippen molar-refractivity contribution in [2.24, 2.45) is 5.92 Å². The van der Waals surface area contributed by atoms with Crippen molar-refractivity contribution >= 4 is 27.7 Å². The zero-order valence-corrected chi connectivity index (χ0v) is 19.1. The predicted octanol–water partition coefficient (Wildman–Crippen LogP) is 5.02. The smallest absolute Gasteiger partial charge is 0.336 e. The summed E-state index contributed by atoms with van der Waals surface area (Å²) >= 11 is 3.46. The molecule has 4 rings (SSSR count). The van der Waals surface area contributed by atoms with Crippen LogP contribution in [-0.4, -0.2) is 18.9 Å². The van der Waals surface area contributed by atoms with E-state index < -0.39 is 11.9 Å². The van der Waals surface area contributed by atoms with Crippen molar-refractivity contribution in [3.05, 3.63) is 87.2 Å².